The standard InChI is InChI=1S/C15H13Cl3N4/c1-9(10-2-7-13(17)14(18)8-10)21-22-15(19)20-12-5-3-11(16)4-6-12/h2-8H,1H3,(H3,19,20,22)/b21-9+. The molecule has 4 nitrogen and oxygen atoms in total. The monoisotopic (exact) mass is 354 g/mol. The summed E-state index contributed by atoms with van der Waals surface area (Å²) in [5, 5.41) is 5.76. The zero-order valence-corrected chi connectivity index (χ0v) is 13.9. The molecule has 0 spiro atoms. The predicted octanol–water partition coefficient (Wildman–Crippen LogP) is 4.61. The third-order valence-electron chi connectivity index (χ3n) is 2.75. The van der Waals surface area contributed by atoms with Crippen LogP contribution >= 0.6 is 34.8 Å². The minimum Gasteiger partial charge on any atom is -0.368 e. The Bertz CT molecular complexity index is 724. The number of nitrogens with zero attached hydrogens (tertiary/aromatic N) is 2. The molecule has 22 heavy (non-hydrogen) atoms. The topological polar surface area (TPSA) is 62.8 Å². The first kappa shape index (κ1) is 16.6. The molecular formula is C15H13Cl3N4. The van der Waals surface area contributed by atoms with Gasteiger partial charge >= 0.3 is 0 Å². The molecule has 2 aromatic rings. The second kappa shape index (κ2) is 7.49. The van der Waals surface area contributed by atoms with Gasteiger partial charge in [0, 0.05) is 5.02 Å². The predicted molar refractivity (Wildman–Crippen MR) is 94.5 cm³/mol. The molecule has 2 rings (SSSR count). The van der Waals surface area contributed by atoms with E-state index in [4.69, 9.17) is 40.5 Å². The van der Waals surface area contributed by atoms with Crippen molar-refractivity contribution in [2.24, 2.45) is 15.8 Å². The fourth-order valence-electron chi connectivity index (χ4n) is 1.61. The molecule has 2 aromatic carbocycles. The van der Waals surface area contributed by atoms with Crippen LogP contribution in [-0.2, 0) is 0 Å². The molecule has 0 radical (unpaired) electrons. The molecule has 114 valence electrons. The lowest BCUT2D eigenvalue weighted by molar-refractivity contribution is 1.00. The summed E-state index contributed by atoms with van der Waals surface area (Å²) >= 11 is 17.7. The Labute approximate surface area is 143 Å². The van der Waals surface area contributed by atoms with Crippen LogP contribution in [0.3, 0.4) is 0 Å². The first-order valence-corrected chi connectivity index (χ1v) is 7.44. The largest absolute Gasteiger partial charge is 0.368 e. The third-order valence-corrected chi connectivity index (χ3v) is 3.74. The van der Waals surface area contributed by atoms with Crippen LogP contribution in [0, 0.1) is 0 Å². The van der Waals surface area contributed by atoms with Crippen LogP contribution in [0.15, 0.2) is 52.6 Å². The van der Waals surface area contributed by atoms with Crippen LogP contribution in [0.25, 0.3) is 0 Å². The number of benzene rings is 2. The van der Waals surface area contributed by atoms with E-state index in [1.54, 1.807) is 36.4 Å². The zero-order valence-electron chi connectivity index (χ0n) is 11.6. The molecular weight excluding hydrogens is 343 g/mol. The number of nitrogens with one attached hydrogen (secondary N) is 1. The fraction of sp³-hybridized carbons (Fsp3) is 0.0667. The second-order valence-corrected chi connectivity index (χ2v) is 5.66. The van der Waals surface area contributed by atoms with Gasteiger partial charge in [-0.25, -0.2) is 10.4 Å². The molecule has 0 saturated carbocycles. The van der Waals surface area contributed by atoms with E-state index in [-0.39, 0.29) is 5.96 Å². The van der Waals surface area contributed by atoms with Gasteiger partial charge in [0.2, 0.25) is 5.96 Å². The highest BCUT2D eigenvalue weighted by Gasteiger charge is 2.02. The Kier molecular flexibility index (Phi) is 5.66. The van der Waals surface area contributed by atoms with Gasteiger partial charge < -0.3 is 5.73 Å². The average Bonchev–Trinajstić information content (AvgIpc) is 2.50. The molecule has 3 N–H and O–H groups in total. The lowest BCUT2D eigenvalue weighted by Gasteiger charge is -2.04. The van der Waals surface area contributed by atoms with Crippen LogP contribution in [0.1, 0.15) is 12.5 Å². The Morgan fingerprint density at radius 3 is 2.32 bits per heavy atom. The van der Waals surface area contributed by atoms with Crippen molar-refractivity contribution >= 4 is 52.2 Å². The Morgan fingerprint density at radius 1 is 1.00 bits per heavy atom. The van der Waals surface area contributed by atoms with E-state index >= 15 is 0 Å². The van der Waals surface area contributed by atoms with Gasteiger partial charge in [-0.05, 0) is 48.9 Å². The molecule has 0 unspecified atom stereocenters. The Morgan fingerprint density at radius 2 is 1.68 bits per heavy atom. The average molecular weight is 356 g/mol. The zero-order chi connectivity index (χ0) is 16.1. The second-order valence-electron chi connectivity index (χ2n) is 4.41. The summed E-state index contributed by atoms with van der Waals surface area (Å²) in [6, 6.07) is 12.2. The number of hydrogen-bond acceptors (Lipinski definition) is 2. The highest BCUT2D eigenvalue weighted by molar-refractivity contribution is 6.42. The van der Waals surface area contributed by atoms with Crippen molar-refractivity contribution in [3.8, 4) is 0 Å². The quantitative estimate of drug-likeness (QED) is 0.480. The van der Waals surface area contributed by atoms with Crippen LogP contribution in [0.4, 0.5) is 5.69 Å². The number of hydrogen-bond donors (Lipinski definition) is 2. The van der Waals surface area contributed by atoms with Gasteiger partial charge in [-0.1, -0.05) is 40.9 Å². The van der Waals surface area contributed by atoms with E-state index in [9.17, 15) is 0 Å². The molecule has 0 aliphatic rings. The molecule has 0 bridgehead atoms. The first-order valence-electron chi connectivity index (χ1n) is 6.31. The molecule has 0 aliphatic heterocycles. The van der Waals surface area contributed by atoms with Gasteiger partial charge in [-0.15, -0.1) is 0 Å². The highest BCUT2D eigenvalue weighted by Crippen LogP contribution is 2.22. The van der Waals surface area contributed by atoms with Gasteiger partial charge in [0.1, 0.15) is 0 Å². The lowest BCUT2D eigenvalue weighted by atomic mass is 10.1. The number of rotatable bonds is 3. The first-order chi connectivity index (χ1) is 10.5. The maximum absolute atomic E-state index is 5.97. The number of nitrogens with two attached hydrogens (primary N) is 1. The van der Waals surface area contributed by atoms with Gasteiger partial charge in [-0.3, -0.25) is 0 Å². The van der Waals surface area contributed by atoms with Crippen molar-refractivity contribution in [2.45, 2.75) is 6.92 Å². The van der Waals surface area contributed by atoms with E-state index in [2.05, 4.69) is 15.5 Å². The van der Waals surface area contributed by atoms with Gasteiger partial charge in [0.15, 0.2) is 0 Å². The van der Waals surface area contributed by atoms with Gasteiger partial charge in [0.05, 0.1) is 21.4 Å². The summed E-state index contributed by atoms with van der Waals surface area (Å²) in [6.07, 6.45) is 0. The van der Waals surface area contributed by atoms with Crippen molar-refractivity contribution in [3.05, 3.63) is 63.1 Å². The number of halogens is 3. The summed E-state index contributed by atoms with van der Waals surface area (Å²) in [6.45, 7) is 1.82. The SMILES string of the molecule is C/C(=N\NC(N)=Nc1ccc(Cl)cc1)c1ccc(Cl)c(Cl)c1. The van der Waals surface area contributed by atoms with Crippen LogP contribution in [-0.4, -0.2) is 11.7 Å². The van der Waals surface area contributed by atoms with Crippen molar-refractivity contribution in [3.63, 3.8) is 0 Å². The third kappa shape index (κ3) is 4.63. The van der Waals surface area contributed by atoms with Crippen molar-refractivity contribution < 1.29 is 0 Å². The van der Waals surface area contributed by atoms with Crippen molar-refractivity contribution in [1.29, 1.82) is 0 Å². The summed E-state index contributed by atoms with van der Waals surface area (Å²) < 4.78 is 0. The molecule has 0 fully saturated rings. The van der Waals surface area contributed by atoms with Crippen LogP contribution < -0.4 is 11.2 Å². The maximum Gasteiger partial charge on any atom is 0.214 e. The number of hydrazone groups is 1. The van der Waals surface area contributed by atoms with E-state index in [1.165, 1.54) is 0 Å². The molecule has 0 aliphatic carbocycles. The van der Waals surface area contributed by atoms with Gasteiger partial charge in [-0.2, -0.15) is 5.10 Å². The molecule has 0 aromatic heterocycles. The smallest absolute Gasteiger partial charge is 0.214 e. The summed E-state index contributed by atoms with van der Waals surface area (Å²) in [4.78, 5) is 4.17. The maximum atomic E-state index is 5.97. The lowest BCUT2D eigenvalue weighted by Crippen LogP contribution is -2.27. The van der Waals surface area contributed by atoms with Crippen LogP contribution in [0.2, 0.25) is 15.1 Å². The molecule has 0 heterocycles. The van der Waals surface area contributed by atoms with E-state index in [0.717, 1.165) is 5.56 Å². The summed E-state index contributed by atoms with van der Waals surface area (Å²) in [7, 11) is 0. The van der Waals surface area contributed by atoms with Crippen molar-refractivity contribution in [2.75, 3.05) is 0 Å². The van der Waals surface area contributed by atoms with E-state index in [1.807, 2.05) is 13.0 Å². The van der Waals surface area contributed by atoms with E-state index in [0.29, 0.717) is 26.5 Å². The summed E-state index contributed by atoms with van der Waals surface area (Å²) in [5.74, 6) is 0.168. The molecule has 0 amide bonds. The fourth-order valence-corrected chi connectivity index (χ4v) is 2.03. The Balaban J connectivity index is 2.09. The van der Waals surface area contributed by atoms with Crippen molar-refractivity contribution in [1.82, 2.24) is 5.43 Å². The van der Waals surface area contributed by atoms with Crippen LogP contribution in [0.5, 0.6) is 0 Å². The molecule has 0 saturated heterocycles. The number of guanidine groups is 1. The minimum atomic E-state index is 0.168. The summed E-state index contributed by atoms with van der Waals surface area (Å²) in [5.41, 5.74) is 10.7. The van der Waals surface area contributed by atoms with E-state index < -0.39 is 0 Å². The molecule has 0 atom stereocenters. The van der Waals surface area contributed by atoms with Gasteiger partial charge in [0.25, 0.3) is 0 Å². The Hall–Kier alpha value is -1.75. The molecule has 7 heteroatoms. The normalized spacial score (nSPS) is 12.4. The minimum absolute atomic E-state index is 0.168. The highest BCUT2D eigenvalue weighted by atomic mass is 35.5. The number of aliphatic imine (C=N–C) groups is 1.